The fraction of sp³-hybridized carbons (Fsp3) is 0.400. The molecule has 6 nitrogen and oxygen atoms in total. The van der Waals surface area contributed by atoms with Crippen molar-refractivity contribution in [2.24, 2.45) is 5.41 Å². The van der Waals surface area contributed by atoms with E-state index in [-0.39, 0.29) is 5.91 Å². The van der Waals surface area contributed by atoms with Crippen LogP contribution in [0.4, 0.5) is 0 Å². The highest BCUT2D eigenvalue weighted by Crippen LogP contribution is 2.37. The van der Waals surface area contributed by atoms with Gasteiger partial charge in [0.1, 0.15) is 0 Å². The maximum Gasteiger partial charge on any atom is 0.227 e. The van der Waals surface area contributed by atoms with Crippen molar-refractivity contribution in [3.63, 3.8) is 0 Å². The average Bonchev–Trinajstić information content (AvgIpc) is 3.27. The highest BCUT2D eigenvalue weighted by molar-refractivity contribution is 5.83. The van der Waals surface area contributed by atoms with Crippen LogP contribution in [0, 0.1) is 5.41 Å². The Morgan fingerprint density at radius 2 is 2.06 bits per heavy atom. The number of likely N-dealkylation sites (tertiary alicyclic amines) is 1. The van der Waals surface area contributed by atoms with Crippen LogP contribution in [0.2, 0.25) is 0 Å². The molecule has 1 amide bonds. The summed E-state index contributed by atoms with van der Waals surface area (Å²) in [5.41, 5.74) is 4.18. The zero-order chi connectivity index (χ0) is 21.7. The normalized spacial score (nSPS) is 19.3. The monoisotopic (exact) mass is 417 g/mol. The minimum Gasteiger partial charge on any atom is -0.359 e. The number of aryl methyl sites for hydroxylation is 1. The molecule has 1 saturated heterocycles. The predicted molar refractivity (Wildman–Crippen MR) is 122 cm³/mol. The molecule has 6 heteroatoms. The third-order valence-corrected chi connectivity index (χ3v) is 6.30. The summed E-state index contributed by atoms with van der Waals surface area (Å²) in [7, 11) is 1.75. The summed E-state index contributed by atoms with van der Waals surface area (Å²) in [6.07, 6.45) is 10.3. The minimum absolute atomic E-state index is 0.127. The molecule has 1 atom stereocenters. The maximum absolute atomic E-state index is 13.2. The van der Waals surface area contributed by atoms with Crippen LogP contribution in [0.1, 0.15) is 30.9 Å². The second kappa shape index (κ2) is 9.43. The molecule has 1 unspecified atom stereocenters. The Balaban J connectivity index is 1.61. The lowest BCUT2D eigenvalue weighted by Gasteiger charge is -2.42. The molecule has 1 aliphatic rings. The first-order chi connectivity index (χ1) is 15.1. The SMILES string of the molecule is CCn1cc(CN2CCCC(Cc3ccccc3-c3cccnc3)(C(=O)NC)C2)cn1. The zero-order valence-corrected chi connectivity index (χ0v) is 18.4. The van der Waals surface area contributed by atoms with E-state index >= 15 is 0 Å². The number of aromatic nitrogens is 3. The van der Waals surface area contributed by atoms with Crippen molar-refractivity contribution in [1.29, 1.82) is 0 Å². The average molecular weight is 418 g/mol. The van der Waals surface area contributed by atoms with Crippen molar-refractivity contribution in [3.8, 4) is 11.1 Å². The van der Waals surface area contributed by atoms with Crippen LogP contribution in [0.3, 0.4) is 0 Å². The Kier molecular flexibility index (Phi) is 6.47. The molecule has 3 heterocycles. The summed E-state index contributed by atoms with van der Waals surface area (Å²) in [4.78, 5) is 19.9. The van der Waals surface area contributed by atoms with Gasteiger partial charge in [-0.05, 0) is 49.9 Å². The van der Waals surface area contributed by atoms with E-state index < -0.39 is 5.41 Å². The van der Waals surface area contributed by atoms with Crippen LogP contribution in [0.25, 0.3) is 11.1 Å². The van der Waals surface area contributed by atoms with Crippen molar-refractivity contribution in [2.45, 2.75) is 39.3 Å². The molecule has 0 bridgehead atoms. The molecule has 1 aromatic carbocycles. The first kappa shape index (κ1) is 21.2. The molecule has 0 aliphatic carbocycles. The van der Waals surface area contributed by atoms with E-state index in [0.29, 0.717) is 6.42 Å². The van der Waals surface area contributed by atoms with Crippen LogP contribution in [0.5, 0.6) is 0 Å². The zero-order valence-electron chi connectivity index (χ0n) is 18.4. The van der Waals surface area contributed by atoms with Gasteiger partial charge in [-0.15, -0.1) is 0 Å². The van der Waals surface area contributed by atoms with E-state index in [0.717, 1.165) is 50.1 Å². The van der Waals surface area contributed by atoms with Gasteiger partial charge in [-0.2, -0.15) is 5.10 Å². The molecule has 4 rings (SSSR count). The summed E-state index contributed by atoms with van der Waals surface area (Å²) in [6, 6.07) is 12.4. The number of nitrogens with one attached hydrogen (secondary N) is 1. The Morgan fingerprint density at radius 1 is 1.19 bits per heavy atom. The molecule has 162 valence electrons. The van der Waals surface area contributed by atoms with Crippen molar-refractivity contribution >= 4 is 5.91 Å². The van der Waals surface area contributed by atoms with Crippen molar-refractivity contribution in [3.05, 3.63) is 72.3 Å². The van der Waals surface area contributed by atoms with Crippen LogP contribution >= 0.6 is 0 Å². The summed E-state index contributed by atoms with van der Waals surface area (Å²) >= 11 is 0. The fourth-order valence-electron chi connectivity index (χ4n) is 4.80. The molecule has 1 N–H and O–H groups in total. The van der Waals surface area contributed by atoms with Gasteiger partial charge >= 0.3 is 0 Å². The van der Waals surface area contributed by atoms with E-state index in [9.17, 15) is 4.79 Å². The topological polar surface area (TPSA) is 63.1 Å². The van der Waals surface area contributed by atoms with Gasteiger partial charge in [0.05, 0.1) is 11.6 Å². The van der Waals surface area contributed by atoms with Gasteiger partial charge in [0.15, 0.2) is 0 Å². The van der Waals surface area contributed by atoms with Crippen molar-refractivity contribution in [1.82, 2.24) is 25.0 Å². The summed E-state index contributed by atoms with van der Waals surface area (Å²) in [6.45, 7) is 5.52. The van der Waals surface area contributed by atoms with Gasteiger partial charge in [0.25, 0.3) is 0 Å². The van der Waals surface area contributed by atoms with E-state index in [1.807, 2.05) is 23.1 Å². The molecule has 0 saturated carbocycles. The van der Waals surface area contributed by atoms with Crippen LogP contribution in [-0.2, 0) is 24.3 Å². The lowest BCUT2D eigenvalue weighted by Crippen LogP contribution is -2.52. The fourth-order valence-corrected chi connectivity index (χ4v) is 4.80. The van der Waals surface area contributed by atoms with Gasteiger partial charge in [-0.1, -0.05) is 30.3 Å². The van der Waals surface area contributed by atoms with E-state index in [1.54, 1.807) is 13.2 Å². The number of hydrogen-bond acceptors (Lipinski definition) is 4. The second-order valence-corrected chi connectivity index (χ2v) is 8.45. The highest BCUT2D eigenvalue weighted by Gasteiger charge is 2.42. The van der Waals surface area contributed by atoms with Crippen LogP contribution < -0.4 is 5.32 Å². The molecule has 1 aliphatic heterocycles. The Labute approximate surface area is 184 Å². The molecule has 0 spiro atoms. The molecule has 31 heavy (non-hydrogen) atoms. The summed E-state index contributed by atoms with van der Waals surface area (Å²) < 4.78 is 1.95. The molecule has 1 fully saturated rings. The number of rotatable bonds is 7. The standard InChI is InChI=1S/C25H31N5O/c1-3-30-18-20(15-28-30)17-29-13-7-11-25(19-29,24(31)26-2)14-21-8-4-5-10-23(21)22-9-6-12-27-16-22/h4-6,8-10,12,15-16,18H,3,7,11,13-14,17,19H2,1-2H3,(H,26,31). The molecular weight excluding hydrogens is 386 g/mol. The van der Waals surface area contributed by atoms with E-state index in [1.165, 1.54) is 11.1 Å². The smallest absolute Gasteiger partial charge is 0.227 e. The Morgan fingerprint density at radius 3 is 2.81 bits per heavy atom. The molecular formula is C25H31N5O. The largest absolute Gasteiger partial charge is 0.359 e. The lowest BCUT2D eigenvalue weighted by molar-refractivity contribution is -0.134. The van der Waals surface area contributed by atoms with Crippen LogP contribution in [0.15, 0.2) is 61.2 Å². The number of carbonyl (C=O) groups excluding carboxylic acids is 1. The van der Waals surface area contributed by atoms with Crippen molar-refractivity contribution in [2.75, 3.05) is 20.1 Å². The number of hydrogen-bond donors (Lipinski definition) is 1. The Hall–Kier alpha value is -2.99. The van der Waals surface area contributed by atoms with Gasteiger partial charge in [-0.3, -0.25) is 19.4 Å². The highest BCUT2D eigenvalue weighted by atomic mass is 16.2. The Bertz CT molecular complexity index is 1020. The van der Waals surface area contributed by atoms with Gasteiger partial charge in [-0.25, -0.2) is 0 Å². The first-order valence-corrected chi connectivity index (χ1v) is 11.1. The first-order valence-electron chi connectivity index (χ1n) is 11.1. The number of benzene rings is 1. The number of piperidine rings is 1. The minimum atomic E-state index is -0.452. The predicted octanol–water partition coefficient (Wildman–Crippen LogP) is 3.54. The van der Waals surface area contributed by atoms with Crippen molar-refractivity contribution < 1.29 is 4.79 Å². The van der Waals surface area contributed by atoms with Gasteiger partial charge < -0.3 is 5.32 Å². The third kappa shape index (κ3) is 4.69. The van der Waals surface area contributed by atoms with E-state index in [4.69, 9.17) is 0 Å². The maximum atomic E-state index is 13.2. The van der Waals surface area contributed by atoms with Gasteiger partial charge in [0.2, 0.25) is 5.91 Å². The second-order valence-electron chi connectivity index (χ2n) is 8.45. The van der Waals surface area contributed by atoms with E-state index in [2.05, 4.69) is 63.8 Å². The number of carbonyl (C=O) groups is 1. The molecule has 3 aromatic rings. The number of nitrogens with zero attached hydrogens (tertiary/aromatic N) is 4. The number of amides is 1. The molecule has 2 aromatic heterocycles. The lowest BCUT2D eigenvalue weighted by atomic mass is 9.73. The molecule has 0 radical (unpaired) electrons. The van der Waals surface area contributed by atoms with Crippen LogP contribution in [-0.4, -0.2) is 45.7 Å². The summed E-state index contributed by atoms with van der Waals surface area (Å²) in [5, 5.41) is 7.36. The number of pyridine rings is 1. The van der Waals surface area contributed by atoms with Gasteiger partial charge in [0, 0.05) is 56.4 Å². The summed E-state index contributed by atoms with van der Waals surface area (Å²) in [5.74, 6) is 0.127. The quantitative estimate of drug-likeness (QED) is 0.639. The third-order valence-electron chi connectivity index (χ3n) is 6.30.